The third-order valence-corrected chi connectivity index (χ3v) is 3.56. The molecule has 2 aromatic rings. The van der Waals surface area contributed by atoms with E-state index in [1.807, 2.05) is 0 Å². The molecule has 0 aliphatic heterocycles. The van der Waals surface area contributed by atoms with Crippen LogP contribution in [0.3, 0.4) is 0 Å². The summed E-state index contributed by atoms with van der Waals surface area (Å²) < 4.78 is 10.3. The molecule has 0 atom stereocenters. The SMILES string of the molecule is COc1cc(NC(=O)/C=C/c2ccc(Cl)cc2Cl)cc(OC)c1. The van der Waals surface area contributed by atoms with Crippen molar-refractivity contribution in [3.8, 4) is 11.5 Å². The molecule has 120 valence electrons. The second-order valence-electron chi connectivity index (χ2n) is 4.59. The van der Waals surface area contributed by atoms with Crippen molar-refractivity contribution in [3.05, 3.63) is 58.1 Å². The van der Waals surface area contributed by atoms with E-state index in [1.165, 1.54) is 6.08 Å². The standard InChI is InChI=1S/C17H15Cl2NO3/c1-22-14-8-13(9-15(10-14)23-2)20-17(21)6-4-11-3-5-12(18)7-16(11)19/h3-10H,1-2H3,(H,20,21)/b6-4+. The first-order valence-corrected chi connectivity index (χ1v) is 7.44. The van der Waals surface area contributed by atoms with Crippen LogP contribution >= 0.6 is 23.2 Å². The summed E-state index contributed by atoms with van der Waals surface area (Å²) in [4.78, 5) is 12.0. The zero-order valence-corrected chi connectivity index (χ0v) is 14.1. The maximum absolute atomic E-state index is 12.0. The quantitative estimate of drug-likeness (QED) is 0.796. The van der Waals surface area contributed by atoms with Crippen molar-refractivity contribution < 1.29 is 14.3 Å². The Labute approximate surface area is 144 Å². The Morgan fingerprint density at radius 1 is 1.04 bits per heavy atom. The Morgan fingerprint density at radius 3 is 2.26 bits per heavy atom. The number of amides is 1. The lowest BCUT2D eigenvalue weighted by molar-refractivity contribution is -0.111. The molecular formula is C17H15Cl2NO3. The zero-order valence-electron chi connectivity index (χ0n) is 12.6. The number of rotatable bonds is 5. The number of anilines is 1. The molecule has 0 bridgehead atoms. The molecule has 0 saturated heterocycles. The molecule has 0 spiro atoms. The lowest BCUT2D eigenvalue weighted by Gasteiger charge is -2.08. The molecule has 0 radical (unpaired) electrons. The highest BCUT2D eigenvalue weighted by atomic mass is 35.5. The molecule has 1 amide bonds. The van der Waals surface area contributed by atoms with Crippen LogP contribution in [-0.4, -0.2) is 20.1 Å². The van der Waals surface area contributed by atoms with Crippen molar-refractivity contribution >= 4 is 40.9 Å². The van der Waals surface area contributed by atoms with Gasteiger partial charge in [-0.05, 0) is 23.8 Å². The van der Waals surface area contributed by atoms with Gasteiger partial charge in [-0.2, -0.15) is 0 Å². The summed E-state index contributed by atoms with van der Waals surface area (Å²) in [6.07, 6.45) is 3.01. The maximum atomic E-state index is 12.0. The zero-order chi connectivity index (χ0) is 16.8. The minimum absolute atomic E-state index is 0.300. The molecule has 1 N–H and O–H groups in total. The van der Waals surface area contributed by atoms with E-state index in [4.69, 9.17) is 32.7 Å². The Kier molecular flexibility index (Phi) is 5.90. The predicted molar refractivity (Wildman–Crippen MR) is 93.7 cm³/mol. The molecule has 0 aliphatic carbocycles. The van der Waals surface area contributed by atoms with Crippen LogP contribution in [0, 0.1) is 0 Å². The van der Waals surface area contributed by atoms with Gasteiger partial charge in [0.25, 0.3) is 0 Å². The molecule has 4 nitrogen and oxygen atoms in total. The average molecular weight is 352 g/mol. The van der Waals surface area contributed by atoms with Crippen molar-refractivity contribution in [1.82, 2.24) is 0 Å². The number of hydrogen-bond acceptors (Lipinski definition) is 3. The van der Waals surface area contributed by atoms with Gasteiger partial charge in [0.2, 0.25) is 5.91 Å². The van der Waals surface area contributed by atoms with Gasteiger partial charge < -0.3 is 14.8 Å². The number of halogens is 2. The number of nitrogens with one attached hydrogen (secondary N) is 1. The Balaban J connectivity index is 2.11. The van der Waals surface area contributed by atoms with Crippen LogP contribution in [0.2, 0.25) is 10.0 Å². The second-order valence-corrected chi connectivity index (χ2v) is 5.43. The highest BCUT2D eigenvalue weighted by Gasteiger charge is 2.04. The van der Waals surface area contributed by atoms with Gasteiger partial charge in [0.1, 0.15) is 11.5 Å². The normalized spacial score (nSPS) is 10.6. The van der Waals surface area contributed by atoms with E-state index in [-0.39, 0.29) is 5.91 Å². The summed E-state index contributed by atoms with van der Waals surface area (Å²) >= 11 is 11.9. The summed E-state index contributed by atoms with van der Waals surface area (Å²) in [5, 5.41) is 3.76. The molecule has 2 rings (SSSR count). The second kappa shape index (κ2) is 7.90. The van der Waals surface area contributed by atoms with Gasteiger partial charge in [0.05, 0.1) is 14.2 Å². The first-order chi connectivity index (χ1) is 11.0. The van der Waals surface area contributed by atoms with Crippen molar-refractivity contribution in [2.24, 2.45) is 0 Å². The first kappa shape index (κ1) is 17.2. The fourth-order valence-electron chi connectivity index (χ4n) is 1.87. The summed E-state index contributed by atoms with van der Waals surface area (Å²) in [5.74, 6) is 0.875. The largest absolute Gasteiger partial charge is 0.497 e. The van der Waals surface area contributed by atoms with Crippen molar-refractivity contribution in [2.75, 3.05) is 19.5 Å². The molecule has 0 aliphatic rings. The van der Waals surface area contributed by atoms with E-state index >= 15 is 0 Å². The van der Waals surface area contributed by atoms with Gasteiger partial charge in [-0.1, -0.05) is 29.3 Å². The minimum atomic E-state index is -0.300. The van der Waals surface area contributed by atoms with E-state index in [0.29, 0.717) is 32.8 Å². The Hall–Kier alpha value is -2.17. The van der Waals surface area contributed by atoms with Crippen LogP contribution in [0.4, 0.5) is 5.69 Å². The lowest BCUT2D eigenvalue weighted by Crippen LogP contribution is -2.08. The van der Waals surface area contributed by atoms with E-state index in [1.54, 1.807) is 56.7 Å². The molecule has 0 unspecified atom stereocenters. The summed E-state index contributed by atoms with van der Waals surface area (Å²) in [6, 6.07) is 10.2. The molecule has 23 heavy (non-hydrogen) atoms. The minimum Gasteiger partial charge on any atom is -0.497 e. The van der Waals surface area contributed by atoms with Crippen molar-refractivity contribution in [2.45, 2.75) is 0 Å². The smallest absolute Gasteiger partial charge is 0.248 e. The molecule has 0 saturated carbocycles. The fraction of sp³-hybridized carbons (Fsp3) is 0.118. The van der Waals surface area contributed by atoms with Crippen LogP contribution in [0.5, 0.6) is 11.5 Å². The molecule has 6 heteroatoms. The van der Waals surface area contributed by atoms with E-state index in [0.717, 1.165) is 0 Å². The van der Waals surface area contributed by atoms with Crippen LogP contribution in [0.1, 0.15) is 5.56 Å². The van der Waals surface area contributed by atoms with Crippen LogP contribution in [0.25, 0.3) is 6.08 Å². The highest BCUT2D eigenvalue weighted by molar-refractivity contribution is 6.35. The van der Waals surface area contributed by atoms with Crippen LogP contribution < -0.4 is 14.8 Å². The molecule has 0 aromatic heterocycles. The average Bonchev–Trinajstić information content (AvgIpc) is 2.53. The van der Waals surface area contributed by atoms with Crippen molar-refractivity contribution in [3.63, 3.8) is 0 Å². The number of carbonyl (C=O) groups excluding carboxylic acids is 1. The van der Waals surface area contributed by atoms with Gasteiger partial charge in [-0.3, -0.25) is 4.79 Å². The highest BCUT2D eigenvalue weighted by Crippen LogP contribution is 2.26. The third-order valence-electron chi connectivity index (χ3n) is 3.00. The number of ether oxygens (including phenoxy) is 2. The molecular weight excluding hydrogens is 337 g/mol. The Morgan fingerprint density at radius 2 is 1.70 bits per heavy atom. The van der Waals surface area contributed by atoms with Gasteiger partial charge in [-0.25, -0.2) is 0 Å². The van der Waals surface area contributed by atoms with Gasteiger partial charge in [0, 0.05) is 40.0 Å². The number of carbonyl (C=O) groups is 1. The van der Waals surface area contributed by atoms with Crippen LogP contribution in [-0.2, 0) is 4.79 Å². The Bertz CT molecular complexity index is 722. The lowest BCUT2D eigenvalue weighted by atomic mass is 10.2. The van der Waals surface area contributed by atoms with Crippen LogP contribution in [0.15, 0.2) is 42.5 Å². The van der Waals surface area contributed by atoms with E-state index in [2.05, 4.69) is 5.32 Å². The topological polar surface area (TPSA) is 47.6 Å². The number of benzene rings is 2. The van der Waals surface area contributed by atoms with Crippen molar-refractivity contribution in [1.29, 1.82) is 0 Å². The summed E-state index contributed by atoms with van der Waals surface area (Å²) in [5.41, 5.74) is 1.27. The fourth-order valence-corrected chi connectivity index (χ4v) is 2.34. The third kappa shape index (κ3) is 4.91. The van der Waals surface area contributed by atoms with E-state index < -0.39 is 0 Å². The summed E-state index contributed by atoms with van der Waals surface area (Å²) in [7, 11) is 3.09. The first-order valence-electron chi connectivity index (χ1n) is 6.69. The maximum Gasteiger partial charge on any atom is 0.248 e. The van der Waals surface area contributed by atoms with E-state index in [9.17, 15) is 4.79 Å². The number of methoxy groups -OCH3 is 2. The summed E-state index contributed by atoms with van der Waals surface area (Å²) in [6.45, 7) is 0. The van der Waals surface area contributed by atoms with Gasteiger partial charge in [0.15, 0.2) is 0 Å². The number of hydrogen-bond donors (Lipinski definition) is 1. The van der Waals surface area contributed by atoms with Gasteiger partial charge >= 0.3 is 0 Å². The molecule has 0 heterocycles. The molecule has 2 aromatic carbocycles. The molecule has 0 fully saturated rings. The monoisotopic (exact) mass is 351 g/mol. The predicted octanol–water partition coefficient (Wildman–Crippen LogP) is 4.66. The van der Waals surface area contributed by atoms with Gasteiger partial charge in [-0.15, -0.1) is 0 Å².